The number of rotatable bonds is 3. The van der Waals surface area contributed by atoms with Crippen LogP contribution in [0.3, 0.4) is 0 Å². The summed E-state index contributed by atoms with van der Waals surface area (Å²) < 4.78 is 10.3. The Balaban J connectivity index is 2.42. The van der Waals surface area contributed by atoms with Crippen molar-refractivity contribution in [3.8, 4) is 0 Å². The fourth-order valence-corrected chi connectivity index (χ4v) is 2.32. The number of methoxy groups -OCH3 is 1. The van der Waals surface area contributed by atoms with Crippen LogP contribution in [0.2, 0.25) is 0 Å². The molecule has 1 aromatic rings. The van der Waals surface area contributed by atoms with Gasteiger partial charge < -0.3 is 9.47 Å². The highest BCUT2D eigenvalue weighted by atomic mass is 16.5. The monoisotopic (exact) mass is 235 g/mol. The van der Waals surface area contributed by atoms with Gasteiger partial charge in [0.1, 0.15) is 0 Å². The van der Waals surface area contributed by atoms with Gasteiger partial charge in [-0.2, -0.15) is 0 Å². The average Bonchev–Trinajstić information content (AvgIpc) is 2.27. The van der Waals surface area contributed by atoms with E-state index in [4.69, 9.17) is 9.47 Å². The Morgan fingerprint density at radius 3 is 2.41 bits per heavy atom. The molecule has 0 spiro atoms. The third-order valence-corrected chi connectivity index (χ3v) is 3.82. The standard InChI is InChI=1S/C13H17NO3/c1-12(2,11(15)16-3)13(8-17-9-13)10-4-6-14-7-5-10/h4-7H,8-9H2,1-3H3. The number of hydrogen-bond donors (Lipinski definition) is 0. The largest absolute Gasteiger partial charge is 0.469 e. The maximum atomic E-state index is 12.0. The predicted octanol–water partition coefficient (Wildman–Crippen LogP) is 1.55. The van der Waals surface area contributed by atoms with Crippen molar-refractivity contribution in [3.05, 3.63) is 30.1 Å². The fraction of sp³-hybridized carbons (Fsp3) is 0.538. The molecule has 0 N–H and O–H groups in total. The summed E-state index contributed by atoms with van der Waals surface area (Å²) in [4.78, 5) is 16.0. The van der Waals surface area contributed by atoms with E-state index in [-0.39, 0.29) is 11.4 Å². The highest BCUT2D eigenvalue weighted by molar-refractivity contribution is 5.78. The number of carbonyl (C=O) groups excluding carboxylic acids is 1. The topological polar surface area (TPSA) is 48.4 Å². The zero-order valence-corrected chi connectivity index (χ0v) is 10.4. The second-order valence-corrected chi connectivity index (χ2v) is 4.93. The summed E-state index contributed by atoms with van der Waals surface area (Å²) in [6.45, 7) is 4.89. The molecule has 1 fully saturated rings. The minimum Gasteiger partial charge on any atom is -0.469 e. The van der Waals surface area contributed by atoms with Crippen molar-refractivity contribution in [2.24, 2.45) is 5.41 Å². The van der Waals surface area contributed by atoms with Crippen molar-refractivity contribution in [1.29, 1.82) is 0 Å². The van der Waals surface area contributed by atoms with Crippen molar-refractivity contribution in [2.45, 2.75) is 19.3 Å². The summed E-state index contributed by atoms with van der Waals surface area (Å²) in [6, 6.07) is 3.88. The maximum absolute atomic E-state index is 12.0. The van der Waals surface area contributed by atoms with E-state index in [1.165, 1.54) is 7.11 Å². The van der Waals surface area contributed by atoms with Crippen LogP contribution in [0.25, 0.3) is 0 Å². The van der Waals surface area contributed by atoms with Gasteiger partial charge in [0.2, 0.25) is 0 Å². The lowest BCUT2D eigenvalue weighted by Crippen LogP contribution is -2.60. The Kier molecular flexibility index (Phi) is 2.91. The van der Waals surface area contributed by atoms with Crippen LogP contribution in [0.4, 0.5) is 0 Å². The Bertz CT molecular complexity index is 410. The number of hydrogen-bond acceptors (Lipinski definition) is 4. The van der Waals surface area contributed by atoms with E-state index in [1.54, 1.807) is 12.4 Å². The second kappa shape index (κ2) is 4.11. The molecule has 0 aromatic carbocycles. The molecule has 4 heteroatoms. The molecular weight excluding hydrogens is 218 g/mol. The Morgan fingerprint density at radius 1 is 1.41 bits per heavy atom. The number of pyridine rings is 1. The van der Waals surface area contributed by atoms with Crippen molar-refractivity contribution >= 4 is 5.97 Å². The van der Waals surface area contributed by atoms with Gasteiger partial charge in [0, 0.05) is 12.4 Å². The second-order valence-electron chi connectivity index (χ2n) is 4.93. The van der Waals surface area contributed by atoms with Crippen LogP contribution in [0.15, 0.2) is 24.5 Å². The van der Waals surface area contributed by atoms with Crippen LogP contribution in [-0.4, -0.2) is 31.3 Å². The third kappa shape index (κ3) is 1.63. The maximum Gasteiger partial charge on any atom is 0.312 e. The van der Waals surface area contributed by atoms with Crippen LogP contribution in [0.1, 0.15) is 19.4 Å². The first-order valence-corrected chi connectivity index (χ1v) is 5.61. The molecule has 1 aromatic heterocycles. The summed E-state index contributed by atoms with van der Waals surface area (Å²) >= 11 is 0. The molecule has 0 aliphatic carbocycles. The van der Waals surface area contributed by atoms with Gasteiger partial charge in [0.25, 0.3) is 0 Å². The molecule has 1 aliphatic rings. The minimum absolute atomic E-state index is 0.211. The molecule has 92 valence electrons. The molecular formula is C13H17NO3. The van der Waals surface area contributed by atoms with E-state index in [1.807, 2.05) is 26.0 Å². The van der Waals surface area contributed by atoms with E-state index in [9.17, 15) is 4.79 Å². The quantitative estimate of drug-likeness (QED) is 0.746. The lowest BCUT2D eigenvalue weighted by molar-refractivity contribution is -0.174. The molecule has 1 saturated heterocycles. The smallest absolute Gasteiger partial charge is 0.312 e. The van der Waals surface area contributed by atoms with E-state index >= 15 is 0 Å². The lowest BCUT2D eigenvalue weighted by Gasteiger charge is -2.50. The van der Waals surface area contributed by atoms with Crippen LogP contribution in [0, 0.1) is 5.41 Å². The van der Waals surface area contributed by atoms with Gasteiger partial charge in [0.05, 0.1) is 31.2 Å². The molecule has 0 atom stereocenters. The molecule has 17 heavy (non-hydrogen) atoms. The van der Waals surface area contributed by atoms with E-state index < -0.39 is 5.41 Å². The molecule has 4 nitrogen and oxygen atoms in total. The molecule has 2 heterocycles. The zero-order chi connectivity index (χ0) is 12.5. The van der Waals surface area contributed by atoms with E-state index in [2.05, 4.69) is 4.98 Å². The number of aromatic nitrogens is 1. The first kappa shape index (κ1) is 12.0. The van der Waals surface area contributed by atoms with Gasteiger partial charge in [0.15, 0.2) is 0 Å². The normalized spacial score (nSPS) is 18.3. The van der Waals surface area contributed by atoms with Crippen LogP contribution in [-0.2, 0) is 19.7 Å². The summed E-state index contributed by atoms with van der Waals surface area (Å²) in [5.41, 5.74) is 0.166. The summed E-state index contributed by atoms with van der Waals surface area (Å²) in [6.07, 6.45) is 3.48. The van der Waals surface area contributed by atoms with Crippen LogP contribution in [0.5, 0.6) is 0 Å². The summed E-state index contributed by atoms with van der Waals surface area (Å²) in [5.74, 6) is -0.211. The highest BCUT2D eigenvalue weighted by Gasteiger charge is 2.56. The Labute approximate surface area is 101 Å². The van der Waals surface area contributed by atoms with Crippen molar-refractivity contribution in [3.63, 3.8) is 0 Å². The fourth-order valence-electron chi connectivity index (χ4n) is 2.32. The molecule has 1 aliphatic heterocycles. The lowest BCUT2D eigenvalue weighted by atomic mass is 9.60. The van der Waals surface area contributed by atoms with Crippen LogP contribution < -0.4 is 0 Å². The molecule has 0 unspecified atom stereocenters. The first-order valence-electron chi connectivity index (χ1n) is 5.61. The Morgan fingerprint density at radius 2 is 2.00 bits per heavy atom. The number of nitrogens with zero attached hydrogens (tertiary/aromatic N) is 1. The SMILES string of the molecule is COC(=O)C(C)(C)C1(c2ccncc2)COC1. The van der Waals surface area contributed by atoms with Crippen LogP contribution >= 0.6 is 0 Å². The first-order chi connectivity index (χ1) is 8.04. The van der Waals surface area contributed by atoms with Gasteiger partial charge in [-0.1, -0.05) is 0 Å². The zero-order valence-electron chi connectivity index (χ0n) is 10.4. The van der Waals surface area contributed by atoms with E-state index in [0.29, 0.717) is 13.2 Å². The average molecular weight is 235 g/mol. The van der Waals surface area contributed by atoms with Gasteiger partial charge in [-0.15, -0.1) is 0 Å². The van der Waals surface area contributed by atoms with Gasteiger partial charge >= 0.3 is 5.97 Å². The number of esters is 1. The van der Waals surface area contributed by atoms with Gasteiger partial charge in [-0.25, -0.2) is 0 Å². The highest BCUT2D eigenvalue weighted by Crippen LogP contribution is 2.47. The van der Waals surface area contributed by atoms with Crippen molar-refractivity contribution in [1.82, 2.24) is 4.98 Å². The van der Waals surface area contributed by atoms with Crippen molar-refractivity contribution < 1.29 is 14.3 Å². The van der Waals surface area contributed by atoms with Gasteiger partial charge in [-0.05, 0) is 31.5 Å². The molecule has 2 rings (SSSR count). The minimum atomic E-state index is -0.610. The molecule has 0 saturated carbocycles. The van der Waals surface area contributed by atoms with E-state index in [0.717, 1.165) is 5.56 Å². The third-order valence-electron chi connectivity index (χ3n) is 3.82. The number of carbonyl (C=O) groups is 1. The number of ether oxygens (including phenoxy) is 2. The predicted molar refractivity (Wildman–Crippen MR) is 62.5 cm³/mol. The molecule has 0 radical (unpaired) electrons. The summed E-state index contributed by atoms with van der Waals surface area (Å²) in [7, 11) is 1.42. The van der Waals surface area contributed by atoms with Gasteiger partial charge in [-0.3, -0.25) is 9.78 Å². The van der Waals surface area contributed by atoms with Crippen molar-refractivity contribution in [2.75, 3.05) is 20.3 Å². The summed E-state index contributed by atoms with van der Waals surface area (Å²) in [5, 5.41) is 0. The Hall–Kier alpha value is -1.42. The molecule has 0 amide bonds. The molecule has 0 bridgehead atoms.